The molecule has 3 rings (SSSR count). The molecule has 0 saturated heterocycles. The molecule has 0 saturated carbocycles. The van der Waals surface area contributed by atoms with Crippen molar-refractivity contribution < 1.29 is 8.42 Å². The van der Waals surface area contributed by atoms with Crippen molar-refractivity contribution in [1.82, 2.24) is 9.71 Å². The molecule has 0 bridgehead atoms. The number of pyridine rings is 1. The summed E-state index contributed by atoms with van der Waals surface area (Å²) in [6, 6.07) is 15.3. The zero-order valence-corrected chi connectivity index (χ0v) is 14.8. The van der Waals surface area contributed by atoms with Gasteiger partial charge in [-0.1, -0.05) is 12.1 Å². The molecule has 3 aromatic rings. The van der Waals surface area contributed by atoms with Crippen LogP contribution in [0.1, 0.15) is 5.56 Å². The molecule has 1 aromatic heterocycles. The van der Waals surface area contributed by atoms with Gasteiger partial charge in [0.15, 0.2) is 0 Å². The average Bonchev–Trinajstić information content (AvgIpc) is 2.60. The van der Waals surface area contributed by atoms with Crippen LogP contribution in [0.25, 0.3) is 10.9 Å². The quantitative estimate of drug-likeness (QED) is 0.732. The van der Waals surface area contributed by atoms with Gasteiger partial charge in [-0.2, -0.15) is 0 Å². The molecule has 6 nitrogen and oxygen atoms in total. The summed E-state index contributed by atoms with van der Waals surface area (Å²) in [5, 5.41) is 0.665. The Hall–Kier alpha value is -2.64. The summed E-state index contributed by atoms with van der Waals surface area (Å²) in [7, 11) is 0.259. The van der Waals surface area contributed by atoms with Crippen LogP contribution in [0.2, 0.25) is 0 Å². The lowest BCUT2D eigenvalue weighted by molar-refractivity contribution is 0.581. The van der Waals surface area contributed by atoms with E-state index in [0.717, 1.165) is 11.3 Å². The first-order valence-corrected chi connectivity index (χ1v) is 9.22. The van der Waals surface area contributed by atoms with Gasteiger partial charge in [-0.3, -0.25) is 4.79 Å². The van der Waals surface area contributed by atoms with E-state index < -0.39 is 10.0 Å². The van der Waals surface area contributed by atoms with Crippen LogP contribution in [-0.2, 0) is 16.6 Å². The van der Waals surface area contributed by atoms with Crippen LogP contribution in [0.4, 0.5) is 5.69 Å². The van der Waals surface area contributed by atoms with E-state index in [1.165, 1.54) is 12.1 Å². The SMILES string of the molecule is CN(C)c1ccc(CNS(=O)(=O)c2ccc3[nH]c(=O)ccc3c2)cc1. The second-order valence-corrected chi connectivity index (χ2v) is 7.72. The third-order valence-corrected chi connectivity index (χ3v) is 5.32. The highest BCUT2D eigenvalue weighted by Gasteiger charge is 2.14. The van der Waals surface area contributed by atoms with Crippen LogP contribution in [0, 0.1) is 0 Å². The van der Waals surface area contributed by atoms with E-state index in [1.54, 1.807) is 18.2 Å². The highest BCUT2D eigenvalue weighted by atomic mass is 32.2. The molecule has 0 atom stereocenters. The third kappa shape index (κ3) is 3.89. The number of H-pyrrole nitrogens is 1. The van der Waals surface area contributed by atoms with Crippen molar-refractivity contribution in [1.29, 1.82) is 0 Å². The minimum atomic E-state index is -3.64. The highest BCUT2D eigenvalue weighted by Crippen LogP contribution is 2.17. The Morgan fingerprint density at radius 3 is 2.40 bits per heavy atom. The van der Waals surface area contributed by atoms with Crippen LogP contribution in [0.3, 0.4) is 0 Å². The number of fused-ring (bicyclic) bond motifs is 1. The summed E-state index contributed by atoms with van der Waals surface area (Å²) in [5.41, 5.74) is 2.31. The van der Waals surface area contributed by atoms with Crippen molar-refractivity contribution >= 4 is 26.6 Å². The van der Waals surface area contributed by atoms with Gasteiger partial charge >= 0.3 is 0 Å². The molecule has 130 valence electrons. The molecule has 0 radical (unpaired) electrons. The molecule has 0 amide bonds. The molecule has 0 aliphatic carbocycles. The molecule has 0 unspecified atom stereocenters. The number of aromatic amines is 1. The Balaban J connectivity index is 1.79. The summed E-state index contributed by atoms with van der Waals surface area (Å²) in [6.45, 7) is 0.208. The van der Waals surface area contributed by atoms with Crippen molar-refractivity contribution in [3.05, 3.63) is 70.5 Å². The zero-order chi connectivity index (χ0) is 18.0. The minimum absolute atomic E-state index is 0.164. The van der Waals surface area contributed by atoms with Gasteiger partial charge in [0.05, 0.1) is 4.90 Å². The standard InChI is InChI=1S/C18H19N3O3S/c1-21(2)15-6-3-13(4-7-15)12-19-25(23,24)16-8-9-17-14(11-16)5-10-18(22)20-17/h3-11,19H,12H2,1-2H3,(H,20,22). The molecule has 2 N–H and O–H groups in total. The first-order valence-electron chi connectivity index (χ1n) is 7.74. The number of hydrogen-bond donors (Lipinski definition) is 2. The number of aromatic nitrogens is 1. The summed E-state index contributed by atoms with van der Waals surface area (Å²) in [4.78, 5) is 16.1. The Labute approximate surface area is 146 Å². The Morgan fingerprint density at radius 1 is 1.00 bits per heavy atom. The molecule has 0 aliphatic rings. The van der Waals surface area contributed by atoms with Crippen molar-refractivity contribution in [2.45, 2.75) is 11.4 Å². The average molecular weight is 357 g/mol. The summed E-state index contributed by atoms with van der Waals surface area (Å²) in [6.07, 6.45) is 0. The lowest BCUT2D eigenvalue weighted by Crippen LogP contribution is -2.23. The van der Waals surface area contributed by atoms with Gasteiger partial charge in [0.1, 0.15) is 0 Å². The number of nitrogens with zero attached hydrogens (tertiary/aromatic N) is 1. The smallest absolute Gasteiger partial charge is 0.248 e. The third-order valence-electron chi connectivity index (χ3n) is 3.92. The second kappa shape index (κ2) is 6.70. The minimum Gasteiger partial charge on any atom is -0.378 e. The second-order valence-electron chi connectivity index (χ2n) is 5.96. The lowest BCUT2D eigenvalue weighted by atomic mass is 10.2. The molecular formula is C18H19N3O3S. The molecule has 0 aliphatic heterocycles. The van der Waals surface area contributed by atoms with Crippen molar-refractivity contribution in [3.8, 4) is 0 Å². The molecule has 0 fully saturated rings. The van der Waals surface area contributed by atoms with Gasteiger partial charge in [0.2, 0.25) is 15.6 Å². The van der Waals surface area contributed by atoms with E-state index in [1.807, 2.05) is 43.3 Å². The van der Waals surface area contributed by atoms with Crippen LogP contribution >= 0.6 is 0 Å². The first-order chi connectivity index (χ1) is 11.8. The topological polar surface area (TPSA) is 82.3 Å². The maximum absolute atomic E-state index is 12.5. The Morgan fingerprint density at radius 2 is 1.72 bits per heavy atom. The number of benzene rings is 2. The van der Waals surface area contributed by atoms with Gasteiger partial charge in [-0.25, -0.2) is 13.1 Å². The number of hydrogen-bond acceptors (Lipinski definition) is 4. The predicted molar refractivity (Wildman–Crippen MR) is 99.4 cm³/mol. The van der Waals surface area contributed by atoms with Gasteiger partial charge in [-0.05, 0) is 47.3 Å². The molecule has 7 heteroatoms. The Kier molecular flexibility index (Phi) is 4.61. The van der Waals surface area contributed by atoms with Gasteiger partial charge in [-0.15, -0.1) is 0 Å². The number of sulfonamides is 1. The summed E-state index contributed by atoms with van der Waals surface area (Å²) in [5.74, 6) is 0. The number of rotatable bonds is 5. The van der Waals surface area contributed by atoms with E-state index in [2.05, 4.69) is 9.71 Å². The molecular weight excluding hydrogens is 338 g/mol. The molecule has 25 heavy (non-hydrogen) atoms. The molecule has 1 heterocycles. The van der Waals surface area contributed by atoms with E-state index >= 15 is 0 Å². The monoisotopic (exact) mass is 357 g/mol. The van der Waals surface area contributed by atoms with E-state index in [9.17, 15) is 13.2 Å². The largest absolute Gasteiger partial charge is 0.378 e. The van der Waals surface area contributed by atoms with Crippen molar-refractivity contribution in [2.75, 3.05) is 19.0 Å². The maximum atomic E-state index is 12.5. The molecule has 2 aromatic carbocycles. The van der Waals surface area contributed by atoms with Crippen LogP contribution < -0.4 is 15.2 Å². The van der Waals surface area contributed by atoms with E-state index in [0.29, 0.717) is 10.9 Å². The normalized spacial score (nSPS) is 11.6. The van der Waals surface area contributed by atoms with E-state index in [4.69, 9.17) is 0 Å². The fourth-order valence-electron chi connectivity index (χ4n) is 2.47. The Bertz CT molecular complexity index is 1050. The number of nitrogens with one attached hydrogen (secondary N) is 2. The van der Waals surface area contributed by atoms with Crippen molar-refractivity contribution in [2.24, 2.45) is 0 Å². The van der Waals surface area contributed by atoms with Gasteiger partial charge in [0.25, 0.3) is 0 Å². The fraction of sp³-hybridized carbons (Fsp3) is 0.167. The summed E-state index contributed by atoms with van der Waals surface area (Å²) < 4.78 is 27.6. The summed E-state index contributed by atoms with van der Waals surface area (Å²) >= 11 is 0. The van der Waals surface area contributed by atoms with Crippen LogP contribution in [-0.4, -0.2) is 27.5 Å². The zero-order valence-electron chi connectivity index (χ0n) is 14.0. The van der Waals surface area contributed by atoms with Crippen LogP contribution in [0.15, 0.2) is 64.3 Å². The predicted octanol–water partition coefficient (Wildman–Crippen LogP) is 2.07. The lowest BCUT2D eigenvalue weighted by Gasteiger charge is -2.13. The maximum Gasteiger partial charge on any atom is 0.248 e. The van der Waals surface area contributed by atoms with Crippen molar-refractivity contribution in [3.63, 3.8) is 0 Å². The van der Waals surface area contributed by atoms with E-state index in [-0.39, 0.29) is 17.0 Å². The van der Waals surface area contributed by atoms with Gasteiger partial charge < -0.3 is 9.88 Å². The highest BCUT2D eigenvalue weighted by molar-refractivity contribution is 7.89. The fourth-order valence-corrected chi connectivity index (χ4v) is 3.53. The van der Waals surface area contributed by atoms with Gasteiger partial charge in [0, 0.05) is 37.9 Å². The molecule has 0 spiro atoms. The first kappa shape index (κ1) is 17.2. The number of anilines is 1. The van der Waals surface area contributed by atoms with Crippen LogP contribution in [0.5, 0.6) is 0 Å².